The minimum absolute atomic E-state index is 0.131. The Kier molecular flexibility index (Phi) is 4.54. The minimum Gasteiger partial charge on any atom is -0.359 e. The molecule has 1 aliphatic heterocycles. The molecule has 0 aromatic heterocycles. The van der Waals surface area contributed by atoms with Gasteiger partial charge in [-0.2, -0.15) is 0 Å². The molecule has 0 aromatic carbocycles. The molecule has 1 atom stereocenters. The fourth-order valence-corrected chi connectivity index (χ4v) is 2.51. The highest BCUT2D eigenvalue weighted by atomic mass is 16.1. The highest BCUT2D eigenvalue weighted by molar-refractivity contribution is 5.87. The maximum Gasteiger partial charge on any atom is 0.154 e. The van der Waals surface area contributed by atoms with E-state index in [1.807, 2.05) is 6.92 Å². The van der Waals surface area contributed by atoms with Crippen molar-refractivity contribution in [2.75, 3.05) is 13.1 Å². The van der Waals surface area contributed by atoms with E-state index in [9.17, 15) is 4.79 Å². The predicted molar refractivity (Wildman–Crippen MR) is 67.1 cm³/mol. The quantitative estimate of drug-likeness (QED) is 0.687. The van der Waals surface area contributed by atoms with Crippen LogP contribution >= 0.6 is 0 Å². The molecule has 0 N–H and O–H groups in total. The zero-order valence-corrected chi connectivity index (χ0v) is 11.2. The molecule has 1 fully saturated rings. The maximum atomic E-state index is 11.1. The van der Waals surface area contributed by atoms with Crippen LogP contribution in [0.4, 0.5) is 0 Å². The van der Waals surface area contributed by atoms with E-state index in [0.717, 1.165) is 18.8 Å². The Hall–Kier alpha value is -0.830. The van der Waals surface area contributed by atoms with Crippen molar-refractivity contribution in [3.8, 4) is 0 Å². The van der Waals surface area contributed by atoms with Crippen LogP contribution in [0.2, 0.25) is 0 Å². The van der Waals surface area contributed by atoms with Gasteiger partial charge >= 0.3 is 0 Å². The van der Waals surface area contributed by atoms with Gasteiger partial charge in [0.25, 0.3) is 0 Å². The lowest BCUT2D eigenvalue weighted by atomic mass is 10.1. The molecule has 16 heavy (non-hydrogen) atoms. The molecule has 3 heteroatoms. The van der Waals surface area contributed by atoms with Gasteiger partial charge in [-0.05, 0) is 47.1 Å². The zero-order chi connectivity index (χ0) is 12.3. The van der Waals surface area contributed by atoms with Gasteiger partial charge in [0.1, 0.15) is 0 Å². The second-order valence-corrected chi connectivity index (χ2v) is 4.91. The molecule has 0 saturated carbocycles. The summed E-state index contributed by atoms with van der Waals surface area (Å²) in [5.41, 5.74) is 1.09. The van der Waals surface area contributed by atoms with E-state index in [0.29, 0.717) is 12.2 Å². The molecular formula is C13H24N2O. The van der Waals surface area contributed by atoms with Crippen molar-refractivity contribution < 1.29 is 4.79 Å². The molecule has 0 bridgehead atoms. The van der Waals surface area contributed by atoms with Crippen LogP contribution in [0.15, 0.2) is 11.8 Å². The first-order valence-electron chi connectivity index (χ1n) is 6.14. The van der Waals surface area contributed by atoms with E-state index in [4.69, 9.17) is 0 Å². The number of ketones is 1. The molecule has 3 nitrogen and oxygen atoms in total. The van der Waals surface area contributed by atoms with Crippen LogP contribution < -0.4 is 0 Å². The number of nitrogens with zero attached hydrogens (tertiary/aromatic N) is 2. The summed E-state index contributed by atoms with van der Waals surface area (Å²) < 4.78 is 0. The third kappa shape index (κ3) is 3.08. The van der Waals surface area contributed by atoms with Crippen molar-refractivity contribution in [3.05, 3.63) is 11.8 Å². The van der Waals surface area contributed by atoms with Crippen LogP contribution in [0.5, 0.6) is 0 Å². The SMILES string of the molecule is CC(=O)/C=C(/C)N1CCCN(C(C)C)C1C. The molecule has 0 aromatic rings. The molecular weight excluding hydrogens is 200 g/mol. The van der Waals surface area contributed by atoms with Crippen LogP contribution in [0, 0.1) is 0 Å². The lowest BCUT2D eigenvalue weighted by Gasteiger charge is -2.45. The molecule has 1 rings (SSSR count). The second-order valence-electron chi connectivity index (χ2n) is 4.91. The Morgan fingerprint density at radius 3 is 2.44 bits per heavy atom. The van der Waals surface area contributed by atoms with Crippen molar-refractivity contribution in [2.24, 2.45) is 0 Å². The first kappa shape index (κ1) is 13.2. The summed E-state index contributed by atoms with van der Waals surface area (Å²) in [4.78, 5) is 15.9. The summed E-state index contributed by atoms with van der Waals surface area (Å²) in [5.74, 6) is 0.131. The maximum absolute atomic E-state index is 11.1. The molecule has 0 amide bonds. The first-order chi connectivity index (χ1) is 7.43. The number of carbonyl (C=O) groups is 1. The zero-order valence-electron chi connectivity index (χ0n) is 11.2. The normalized spacial score (nSPS) is 24.0. The number of carbonyl (C=O) groups excluding carboxylic acids is 1. The van der Waals surface area contributed by atoms with Gasteiger partial charge in [-0.15, -0.1) is 0 Å². The van der Waals surface area contributed by atoms with Crippen LogP contribution in [0.1, 0.15) is 41.0 Å². The van der Waals surface area contributed by atoms with Crippen molar-refractivity contribution >= 4 is 5.78 Å². The van der Waals surface area contributed by atoms with Gasteiger partial charge in [0.15, 0.2) is 5.78 Å². The number of hydrogen-bond acceptors (Lipinski definition) is 3. The van der Waals surface area contributed by atoms with Gasteiger partial charge in [0, 0.05) is 24.8 Å². The predicted octanol–water partition coefficient (Wildman–Crippen LogP) is 2.24. The third-order valence-corrected chi connectivity index (χ3v) is 3.27. The molecule has 0 spiro atoms. The van der Waals surface area contributed by atoms with Crippen LogP contribution in [-0.4, -0.2) is 40.9 Å². The summed E-state index contributed by atoms with van der Waals surface area (Å²) in [6, 6.07) is 0.558. The Labute approximate surface area is 99.1 Å². The molecule has 1 unspecified atom stereocenters. The molecule has 92 valence electrons. The van der Waals surface area contributed by atoms with Crippen molar-refractivity contribution in [1.82, 2.24) is 9.80 Å². The van der Waals surface area contributed by atoms with Gasteiger partial charge < -0.3 is 4.90 Å². The topological polar surface area (TPSA) is 23.6 Å². The van der Waals surface area contributed by atoms with Crippen LogP contribution in [-0.2, 0) is 4.79 Å². The van der Waals surface area contributed by atoms with Crippen LogP contribution in [0.25, 0.3) is 0 Å². The molecule has 0 radical (unpaired) electrons. The largest absolute Gasteiger partial charge is 0.359 e. The highest BCUT2D eigenvalue weighted by Gasteiger charge is 2.27. The molecule has 0 aliphatic carbocycles. The fraction of sp³-hybridized carbons (Fsp3) is 0.769. The summed E-state index contributed by atoms with van der Waals surface area (Å²) in [5, 5.41) is 0. The third-order valence-electron chi connectivity index (χ3n) is 3.27. The summed E-state index contributed by atoms with van der Waals surface area (Å²) in [6.07, 6.45) is 3.30. The number of allylic oxidation sites excluding steroid dienone is 2. The first-order valence-corrected chi connectivity index (χ1v) is 6.14. The summed E-state index contributed by atoms with van der Waals surface area (Å²) in [7, 11) is 0. The van der Waals surface area contributed by atoms with E-state index in [2.05, 4.69) is 30.6 Å². The Bertz CT molecular complexity index is 284. The standard InChI is InChI=1S/C13H24N2O/c1-10(2)14-7-6-8-15(13(14)5)11(3)9-12(4)16/h9-10,13H,6-8H2,1-5H3/b11-9-. The van der Waals surface area contributed by atoms with Crippen LogP contribution in [0.3, 0.4) is 0 Å². The van der Waals surface area contributed by atoms with Crippen molar-refractivity contribution in [3.63, 3.8) is 0 Å². The summed E-state index contributed by atoms with van der Waals surface area (Å²) >= 11 is 0. The average Bonchev–Trinajstić information content (AvgIpc) is 2.16. The Morgan fingerprint density at radius 2 is 1.94 bits per heavy atom. The van der Waals surface area contributed by atoms with E-state index < -0.39 is 0 Å². The van der Waals surface area contributed by atoms with Gasteiger partial charge in [0.2, 0.25) is 0 Å². The molecule has 1 saturated heterocycles. The molecule has 1 aliphatic rings. The fourth-order valence-electron chi connectivity index (χ4n) is 2.51. The monoisotopic (exact) mass is 224 g/mol. The van der Waals surface area contributed by atoms with Crippen molar-refractivity contribution in [1.29, 1.82) is 0 Å². The average molecular weight is 224 g/mol. The van der Waals surface area contributed by atoms with E-state index in [1.165, 1.54) is 6.42 Å². The number of hydrogen-bond donors (Lipinski definition) is 0. The van der Waals surface area contributed by atoms with E-state index >= 15 is 0 Å². The van der Waals surface area contributed by atoms with Gasteiger partial charge in [0.05, 0.1) is 6.17 Å². The van der Waals surface area contributed by atoms with Gasteiger partial charge in [-0.1, -0.05) is 0 Å². The Morgan fingerprint density at radius 1 is 1.31 bits per heavy atom. The van der Waals surface area contributed by atoms with Crippen molar-refractivity contribution in [2.45, 2.75) is 53.2 Å². The number of rotatable bonds is 3. The van der Waals surface area contributed by atoms with Gasteiger partial charge in [-0.3, -0.25) is 9.69 Å². The highest BCUT2D eigenvalue weighted by Crippen LogP contribution is 2.20. The summed E-state index contributed by atoms with van der Waals surface area (Å²) in [6.45, 7) is 12.5. The molecule has 1 heterocycles. The second kappa shape index (κ2) is 5.48. The van der Waals surface area contributed by atoms with E-state index in [1.54, 1.807) is 13.0 Å². The van der Waals surface area contributed by atoms with E-state index in [-0.39, 0.29) is 5.78 Å². The minimum atomic E-state index is 0.131. The smallest absolute Gasteiger partial charge is 0.154 e. The lowest BCUT2D eigenvalue weighted by Crippen LogP contribution is -2.53. The lowest BCUT2D eigenvalue weighted by molar-refractivity contribution is -0.112. The van der Waals surface area contributed by atoms with Gasteiger partial charge in [-0.25, -0.2) is 0 Å². The Balaban J connectivity index is 2.77.